The van der Waals surface area contributed by atoms with Crippen LogP contribution in [0.25, 0.3) is 0 Å². The predicted molar refractivity (Wildman–Crippen MR) is 114 cm³/mol. The summed E-state index contributed by atoms with van der Waals surface area (Å²) in [5, 5.41) is 11.2. The first-order valence-electron chi connectivity index (χ1n) is 9.67. The molecule has 26 heavy (non-hydrogen) atoms. The van der Waals surface area contributed by atoms with Gasteiger partial charge in [0.05, 0.1) is 0 Å². The van der Waals surface area contributed by atoms with Crippen molar-refractivity contribution < 1.29 is 5.11 Å². The van der Waals surface area contributed by atoms with E-state index in [0.717, 1.165) is 29.7 Å². The van der Waals surface area contributed by atoms with Crippen molar-refractivity contribution in [1.82, 2.24) is 0 Å². The molecule has 2 aromatic rings. The standard InChI is InChI=1S/C24H35NO/c1-9-13-18-20(25(8)17-14-11-10-12-15-17)16-19(23(2,3)4)22(26)21(18)24(5,6)7/h10-12,14-16,26H,9,13H2,1-8H3. The lowest BCUT2D eigenvalue weighted by Crippen LogP contribution is -2.23. The third-order valence-electron chi connectivity index (χ3n) is 4.95. The Balaban J connectivity index is 2.84. The number of anilines is 2. The zero-order chi connectivity index (χ0) is 19.7. The molecule has 0 spiro atoms. The molecule has 142 valence electrons. The minimum absolute atomic E-state index is 0.123. The third kappa shape index (κ3) is 4.06. The monoisotopic (exact) mass is 353 g/mol. The van der Waals surface area contributed by atoms with E-state index in [2.05, 4.69) is 90.7 Å². The number of phenols is 1. The molecule has 0 saturated carbocycles. The number of aromatic hydroxyl groups is 1. The highest BCUT2D eigenvalue weighted by molar-refractivity contribution is 5.72. The molecule has 0 unspecified atom stereocenters. The van der Waals surface area contributed by atoms with Crippen molar-refractivity contribution in [2.24, 2.45) is 0 Å². The molecular weight excluding hydrogens is 318 g/mol. The van der Waals surface area contributed by atoms with Crippen molar-refractivity contribution in [2.45, 2.75) is 72.1 Å². The zero-order valence-corrected chi connectivity index (χ0v) is 17.8. The molecule has 2 aromatic carbocycles. The Morgan fingerprint density at radius 2 is 1.50 bits per heavy atom. The van der Waals surface area contributed by atoms with Crippen molar-refractivity contribution in [3.8, 4) is 5.75 Å². The Labute approximate surface area is 159 Å². The number of rotatable bonds is 4. The van der Waals surface area contributed by atoms with Gasteiger partial charge in [-0.15, -0.1) is 0 Å². The summed E-state index contributed by atoms with van der Waals surface area (Å²) in [5.74, 6) is 0.471. The van der Waals surface area contributed by atoms with E-state index in [1.54, 1.807) is 0 Å². The van der Waals surface area contributed by atoms with Gasteiger partial charge in [0.15, 0.2) is 0 Å². The van der Waals surface area contributed by atoms with Gasteiger partial charge in [-0.25, -0.2) is 0 Å². The number of para-hydroxylation sites is 1. The summed E-state index contributed by atoms with van der Waals surface area (Å²) in [5.41, 5.74) is 5.48. The minimum Gasteiger partial charge on any atom is -0.507 e. The number of phenolic OH excluding ortho intramolecular Hbond substituents is 1. The summed E-state index contributed by atoms with van der Waals surface area (Å²) in [6.45, 7) is 15.3. The van der Waals surface area contributed by atoms with Gasteiger partial charge in [-0.05, 0) is 41.0 Å². The zero-order valence-electron chi connectivity index (χ0n) is 17.8. The molecule has 2 rings (SSSR count). The SMILES string of the molecule is CCCc1c(N(C)c2ccccc2)cc(C(C)(C)C)c(O)c1C(C)(C)C. The summed E-state index contributed by atoms with van der Waals surface area (Å²) in [7, 11) is 2.12. The van der Waals surface area contributed by atoms with Crippen molar-refractivity contribution in [2.75, 3.05) is 11.9 Å². The smallest absolute Gasteiger partial charge is 0.123 e. The van der Waals surface area contributed by atoms with Gasteiger partial charge in [-0.2, -0.15) is 0 Å². The average molecular weight is 354 g/mol. The van der Waals surface area contributed by atoms with Crippen LogP contribution in [0.3, 0.4) is 0 Å². The van der Waals surface area contributed by atoms with E-state index in [1.807, 2.05) is 6.07 Å². The van der Waals surface area contributed by atoms with E-state index >= 15 is 0 Å². The van der Waals surface area contributed by atoms with E-state index in [0.29, 0.717) is 5.75 Å². The molecule has 0 aliphatic heterocycles. The molecule has 0 radical (unpaired) electrons. The summed E-state index contributed by atoms with van der Waals surface area (Å²) < 4.78 is 0. The Morgan fingerprint density at radius 3 is 1.96 bits per heavy atom. The first-order valence-corrected chi connectivity index (χ1v) is 9.67. The van der Waals surface area contributed by atoms with Gasteiger partial charge in [0, 0.05) is 29.5 Å². The number of nitrogens with zero attached hydrogens (tertiary/aromatic N) is 1. The molecule has 0 atom stereocenters. The van der Waals surface area contributed by atoms with Gasteiger partial charge < -0.3 is 10.0 Å². The van der Waals surface area contributed by atoms with E-state index in [4.69, 9.17) is 0 Å². The van der Waals surface area contributed by atoms with E-state index in [9.17, 15) is 5.11 Å². The summed E-state index contributed by atoms with van der Waals surface area (Å²) in [4.78, 5) is 2.26. The number of hydrogen-bond donors (Lipinski definition) is 1. The van der Waals surface area contributed by atoms with Gasteiger partial charge >= 0.3 is 0 Å². The van der Waals surface area contributed by atoms with Crippen LogP contribution in [0.5, 0.6) is 5.75 Å². The Hall–Kier alpha value is -1.96. The first-order chi connectivity index (χ1) is 12.0. The van der Waals surface area contributed by atoms with Gasteiger partial charge in [0.25, 0.3) is 0 Å². The Morgan fingerprint density at radius 1 is 0.923 bits per heavy atom. The van der Waals surface area contributed by atoms with E-state index < -0.39 is 0 Å². The van der Waals surface area contributed by atoms with Crippen molar-refractivity contribution >= 4 is 11.4 Å². The summed E-state index contributed by atoms with van der Waals surface area (Å²) in [6, 6.07) is 12.7. The summed E-state index contributed by atoms with van der Waals surface area (Å²) >= 11 is 0. The molecule has 2 nitrogen and oxygen atoms in total. The highest BCUT2D eigenvalue weighted by Crippen LogP contribution is 2.46. The van der Waals surface area contributed by atoms with Crippen LogP contribution >= 0.6 is 0 Å². The predicted octanol–water partition coefficient (Wildman–Crippen LogP) is 6.71. The maximum atomic E-state index is 11.2. The Bertz CT molecular complexity index is 749. The molecule has 0 heterocycles. The van der Waals surface area contributed by atoms with E-state index in [1.165, 1.54) is 11.3 Å². The van der Waals surface area contributed by atoms with Gasteiger partial charge in [0.1, 0.15) is 5.75 Å². The highest BCUT2D eigenvalue weighted by Gasteiger charge is 2.31. The minimum atomic E-state index is -0.124. The molecule has 0 bridgehead atoms. The van der Waals surface area contributed by atoms with Gasteiger partial charge in [-0.3, -0.25) is 0 Å². The molecule has 0 aliphatic rings. The molecular formula is C24H35NO. The summed E-state index contributed by atoms with van der Waals surface area (Å²) in [6.07, 6.45) is 2.00. The van der Waals surface area contributed by atoms with Crippen molar-refractivity contribution in [3.05, 3.63) is 53.1 Å². The molecule has 1 N–H and O–H groups in total. The maximum Gasteiger partial charge on any atom is 0.123 e. The van der Waals surface area contributed by atoms with Crippen LogP contribution in [0.4, 0.5) is 11.4 Å². The Kier molecular flexibility index (Phi) is 5.75. The van der Waals surface area contributed by atoms with Crippen LogP contribution in [-0.2, 0) is 17.3 Å². The first kappa shape index (κ1) is 20.4. The third-order valence-corrected chi connectivity index (χ3v) is 4.95. The average Bonchev–Trinajstić information content (AvgIpc) is 2.53. The van der Waals surface area contributed by atoms with Gasteiger partial charge in [0.2, 0.25) is 0 Å². The van der Waals surface area contributed by atoms with Gasteiger partial charge in [-0.1, -0.05) is 73.1 Å². The van der Waals surface area contributed by atoms with E-state index in [-0.39, 0.29) is 10.8 Å². The van der Waals surface area contributed by atoms with Crippen LogP contribution < -0.4 is 4.90 Å². The number of benzene rings is 2. The van der Waals surface area contributed by atoms with Crippen LogP contribution in [0, 0.1) is 0 Å². The van der Waals surface area contributed by atoms with Crippen molar-refractivity contribution in [1.29, 1.82) is 0 Å². The van der Waals surface area contributed by atoms with Crippen LogP contribution in [0.2, 0.25) is 0 Å². The maximum absolute atomic E-state index is 11.2. The second-order valence-corrected chi connectivity index (χ2v) is 9.29. The molecule has 0 aromatic heterocycles. The highest BCUT2D eigenvalue weighted by atomic mass is 16.3. The van der Waals surface area contributed by atoms with Crippen molar-refractivity contribution in [3.63, 3.8) is 0 Å². The fourth-order valence-corrected chi connectivity index (χ4v) is 3.67. The van der Waals surface area contributed by atoms with Crippen LogP contribution in [0.1, 0.15) is 71.6 Å². The second-order valence-electron chi connectivity index (χ2n) is 9.29. The lowest BCUT2D eigenvalue weighted by Gasteiger charge is -2.34. The largest absolute Gasteiger partial charge is 0.507 e. The second kappa shape index (κ2) is 7.34. The molecule has 0 fully saturated rings. The van der Waals surface area contributed by atoms with Crippen LogP contribution in [0.15, 0.2) is 36.4 Å². The van der Waals surface area contributed by atoms with Crippen LogP contribution in [-0.4, -0.2) is 12.2 Å². The lowest BCUT2D eigenvalue weighted by atomic mass is 9.75. The molecule has 0 saturated heterocycles. The topological polar surface area (TPSA) is 23.5 Å². The number of hydrogen-bond acceptors (Lipinski definition) is 2. The fraction of sp³-hybridized carbons (Fsp3) is 0.500. The molecule has 0 amide bonds. The molecule has 2 heteroatoms. The quantitative estimate of drug-likeness (QED) is 0.660. The fourth-order valence-electron chi connectivity index (χ4n) is 3.67. The molecule has 0 aliphatic carbocycles. The normalized spacial score (nSPS) is 12.3. The lowest BCUT2D eigenvalue weighted by molar-refractivity contribution is 0.421.